The Hall–Kier alpha value is -3.85. The van der Waals surface area contributed by atoms with Gasteiger partial charge in [0.15, 0.2) is 0 Å². The molecule has 0 saturated carbocycles. The second-order valence-corrected chi connectivity index (χ2v) is 14.0. The van der Waals surface area contributed by atoms with Crippen LogP contribution in [0.25, 0.3) is 0 Å². The molecule has 0 aliphatic rings. The summed E-state index contributed by atoms with van der Waals surface area (Å²) in [5, 5.41) is 3.83. The minimum absolute atomic E-state index is 0.0284. The Balaban J connectivity index is 1.79. The lowest BCUT2D eigenvalue weighted by atomic mass is 10.0. The number of aryl methyl sites for hydroxylation is 1. The summed E-state index contributed by atoms with van der Waals surface area (Å²) >= 11 is 12.4. The molecule has 0 spiro atoms. The van der Waals surface area contributed by atoms with Crippen LogP contribution < -0.4 is 9.62 Å². The average molecular weight is 667 g/mol. The van der Waals surface area contributed by atoms with Crippen molar-refractivity contribution in [3.05, 3.63) is 130 Å². The zero-order valence-electron chi connectivity index (χ0n) is 25.5. The summed E-state index contributed by atoms with van der Waals surface area (Å²) in [5.74, 6) is -0.698. The fourth-order valence-electron chi connectivity index (χ4n) is 4.76. The maximum Gasteiger partial charge on any atom is 0.264 e. The fourth-order valence-corrected chi connectivity index (χ4v) is 6.48. The van der Waals surface area contributed by atoms with E-state index in [1.54, 1.807) is 54.6 Å². The number of nitrogens with zero attached hydrogens (tertiary/aromatic N) is 2. The Morgan fingerprint density at radius 3 is 2.09 bits per heavy atom. The van der Waals surface area contributed by atoms with Crippen LogP contribution >= 0.6 is 23.2 Å². The van der Waals surface area contributed by atoms with Gasteiger partial charge in [0.1, 0.15) is 12.6 Å². The third-order valence-corrected chi connectivity index (χ3v) is 9.48. The van der Waals surface area contributed by atoms with Crippen LogP contribution in [0.2, 0.25) is 10.0 Å². The van der Waals surface area contributed by atoms with Gasteiger partial charge in [-0.25, -0.2) is 8.42 Å². The first-order chi connectivity index (χ1) is 21.4. The van der Waals surface area contributed by atoms with E-state index in [0.717, 1.165) is 21.0 Å². The minimum Gasteiger partial charge on any atom is -0.354 e. The van der Waals surface area contributed by atoms with Crippen LogP contribution in [-0.4, -0.2) is 44.3 Å². The van der Waals surface area contributed by atoms with Crippen molar-refractivity contribution in [2.45, 2.75) is 44.7 Å². The number of benzene rings is 4. The first kappa shape index (κ1) is 34.0. The van der Waals surface area contributed by atoms with Gasteiger partial charge in [-0.05, 0) is 66.4 Å². The maximum atomic E-state index is 14.5. The number of rotatable bonds is 13. The molecular formula is C35H37Cl2N3O4S. The third-order valence-electron chi connectivity index (χ3n) is 7.21. The van der Waals surface area contributed by atoms with E-state index in [-0.39, 0.29) is 35.4 Å². The molecule has 0 bridgehead atoms. The molecule has 1 atom stereocenters. The molecule has 0 aliphatic heterocycles. The topological polar surface area (TPSA) is 86.8 Å². The summed E-state index contributed by atoms with van der Waals surface area (Å²) in [7, 11) is -4.21. The number of nitrogens with one attached hydrogen (secondary N) is 1. The van der Waals surface area contributed by atoms with Crippen LogP contribution in [0.4, 0.5) is 5.69 Å². The first-order valence-electron chi connectivity index (χ1n) is 14.6. The predicted molar refractivity (Wildman–Crippen MR) is 181 cm³/mol. The molecule has 1 N–H and O–H groups in total. The van der Waals surface area contributed by atoms with Gasteiger partial charge >= 0.3 is 0 Å². The molecule has 236 valence electrons. The zero-order chi connectivity index (χ0) is 32.6. The normalized spacial score (nSPS) is 12.0. The number of hydrogen-bond acceptors (Lipinski definition) is 4. The van der Waals surface area contributed by atoms with E-state index in [2.05, 4.69) is 5.32 Å². The van der Waals surface area contributed by atoms with E-state index in [1.165, 1.54) is 23.1 Å². The monoisotopic (exact) mass is 665 g/mol. The van der Waals surface area contributed by atoms with Crippen LogP contribution in [0.5, 0.6) is 0 Å². The molecule has 4 aromatic carbocycles. The van der Waals surface area contributed by atoms with Gasteiger partial charge in [-0.2, -0.15) is 0 Å². The van der Waals surface area contributed by atoms with Crippen molar-refractivity contribution in [2.24, 2.45) is 5.92 Å². The highest BCUT2D eigenvalue weighted by atomic mass is 35.5. The summed E-state index contributed by atoms with van der Waals surface area (Å²) in [6, 6.07) is 28.3. The number of halogens is 2. The second kappa shape index (κ2) is 15.4. The van der Waals surface area contributed by atoms with E-state index in [1.807, 2.05) is 51.1 Å². The van der Waals surface area contributed by atoms with E-state index in [9.17, 15) is 18.0 Å². The standard InChI is InChI=1S/C35H37Cl2N3O4S/c1-25(2)22-38-35(42)33(20-27-8-5-4-6-9-27)39(23-28-14-16-29(36)17-15-28)34(41)24-40(31-11-7-10-30(37)21-31)45(43,44)32-18-12-26(3)13-19-32/h4-19,21,25,33H,20,22-24H2,1-3H3,(H,38,42)/t33-/m0/s1. The van der Waals surface area contributed by atoms with Gasteiger partial charge < -0.3 is 10.2 Å². The van der Waals surface area contributed by atoms with E-state index >= 15 is 0 Å². The molecule has 0 fully saturated rings. The molecule has 10 heteroatoms. The fraction of sp³-hybridized carbons (Fsp3) is 0.257. The average Bonchev–Trinajstić information content (AvgIpc) is 3.01. The van der Waals surface area contributed by atoms with Gasteiger partial charge in [-0.15, -0.1) is 0 Å². The molecule has 0 heterocycles. The molecule has 4 rings (SSSR count). The van der Waals surface area contributed by atoms with Crippen molar-refractivity contribution in [2.75, 3.05) is 17.4 Å². The first-order valence-corrected chi connectivity index (χ1v) is 16.8. The molecule has 2 amide bonds. The van der Waals surface area contributed by atoms with Gasteiger partial charge in [0.25, 0.3) is 10.0 Å². The Kier molecular flexibility index (Phi) is 11.7. The van der Waals surface area contributed by atoms with Gasteiger partial charge in [0, 0.05) is 29.6 Å². The third kappa shape index (κ3) is 9.33. The van der Waals surface area contributed by atoms with Gasteiger partial charge in [-0.1, -0.05) is 103 Å². The van der Waals surface area contributed by atoms with E-state index in [0.29, 0.717) is 16.6 Å². The van der Waals surface area contributed by atoms with Crippen LogP contribution in [0.1, 0.15) is 30.5 Å². The molecule has 0 aromatic heterocycles. The number of sulfonamides is 1. The number of anilines is 1. The predicted octanol–water partition coefficient (Wildman–Crippen LogP) is 6.91. The number of carbonyl (C=O) groups excluding carboxylic acids is 2. The Morgan fingerprint density at radius 2 is 1.47 bits per heavy atom. The van der Waals surface area contributed by atoms with Gasteiger partial charge in [0.2, 0.25) is 11.8 Å². The lowest BCUT2D eigenvalue weighted by Gasteiger charge is -2.34. The Labute approximate surface area is 275 Å². The summed E-state index contributed by atoms with van der Waals surface area (Å²) in [5.41, 5.74) is 2.71. The van der Waals surface area contributed by atoms with Crippen LogP contribution in [-0.2, 0) is 32.6 Å². The highest BCUT2D eigenvalue weighted by Gasteiger charge is 2.34. The van der Waals surface area contributed by atoms with Crippen LogP contribution in [0.3, 0.4) is 0 Å². The smallest absolute Gasteiger partial charge is 0.264 e. The molecule has 4 aromatic rings. The van der Waals surface area contributed by atoms with Gasteiger partial charge in [0.05, 0.1) is 10.6 Å². The molecule has 7 nitrogen and oxygen atoms in total. The van der Waals surface area contributed by atoms with Crippen LogP contribution in [0.15, 0.2) is 108 Å². The molecule has 0 radical (unpaired) electrons. The molecule has 45 heavy (non-hydrogen) atoms. The highest BCUT2D eigenvalue weighted by Crippen LogP contribution is 2.27. The van der Waals surface area contributed by atoms with E-state index < -0.39 is 28.5 Å². The summed E-state index contributed by atoms with van der Waals surface area (Å²) in [4.78, 5) is 29.8. The maximum absolute atomic E-state index is 14.5. The molecule has 0 unspecified atom stereocenters. The summed E-state index contributed by atoms with van der Waals surface area (Å²) in [6.07, 6.45) is 0.228. The highest BCUT2D eigenvalue weighted by molar-refractivity contribution is 7.92. The van der Waals surface area contributed by atoms with Crippen molar-refractivity contribution in [1.82, 2.24) is 10.2 Å². The van der Waals surface area contributed by atoms with Gasteiger partial charge in [-0.3, -0.25) is 13.9 Å². The Bertz CT molecular complexity index is 1700. The summed E-state index contributed by atoms with van der Waals surface area (Å²) < 4.78 is 29.2. The SMILES string of the molecule is Cc1ccc(S(=O)(=O)N(CC(=O)N(Cc2ccc(Cl)cc2)[C@@H](Cc2ccccc2)C(=O)NCC(C)C)c2cccc(Cl)c2)cc1. The van der Waals surface area contributed by atoms with E-state index in [4.69, 9.17) is 23.2 Å². The quantitative estimate of drug-likeness (QED) is 0.168. The number of carbonyl (C=O) groups is 2. The van der Waals surface area contributed by atoms with Crippen molar-refractivity contribution >= 4 is 50.7 Å². The zero-order valence-corrected chi connectivity index (χ0v) is 27.8. The van der Waals surface area contributed by atoms with Crippen molar-refractivity contribution in [3.8, 4) is 0 Å². The lowest BCUT2D eigenvalue weighted by Crippen LogP contribution is -2.53. The van der Waals surface area contributed by atoms with Crippen molar-refractivity contribution < 1.29 is 18.0 Å². The van der Waals surface area contributed by atoms with Crippen molar-refractivity contribution in [1.29, 1.82) is 0 Å². The molecular weight excluding hydrogens is 629 g/mol. The largest absolute Gasteiger partial charge is 0.354 e. The number of amides is 2. The Morgan fingerprint density at radius 1 is 0.800 bits per heavy atom. The molecule has 0 saturated heterocycles. The molecule has 0 aliphatic carbocycles. The number of hydrogen-bond donors (Lipinski definition) is 1. The van der Waals surface area contributed by atoms with Crippen molar-refractivity contribution in [3.63, 3.8) is 0 Å². The minimum atomic E-state index is -4.21. The van der Waals surface area contributed by atoms with Crippen LogP contribution in [0, 0.1) is 12.8 Å². The lowest BCUT2D eigenvalue weighted by molar-refractivity contribution is -0.140. The second-order valence-electron chi connectivity index (χ2n) is 11.3. The summed E-state index contributed by atoms with van der Waals surface area (Å²) in [6.45, 7) is 5.75.